The fraction of sp³-hybridized carbons (Fsp3) is 0.300. The predicted molar refractivity (Wildman–Crippen MR) is 54.8 cm³/mol. The molecule has 1 aromatic rings. The predicted octanol–water partition coefficient (Wildman–Crippen LogP) is 2.01. The third-order valence-corrected chi connectivity index (χ3v) is 2.01. The van der Waals surface area contributed by atoms with Crippen molar-refractivity contribution in [2.75, 3.05) is 6.61 Å². The molecule has 0 aromatic carbocycles. The standard InChI is InChI=1S/C10H9ClFNO3/c1-2-16-9(15)4-8(14)6-3-7(12)10(11)13-5-6/h3,5H,2,4H2,1H3. The second-order valence-corrected chi connectivity index (χ2v) is 3.26. The van der Waals surface area contributed by atoms with Gasteiger partial charge in [0.1, 0.15) is 6.42 Å². The van der Waals surface area contributed by atoms with Crippen LogP contribution in [0.4, 0.5) is 4.39 Å². The highest BCUT2D eigenvalue weighted by Crippen LogP contribution is 2.13. The lowest BCUT2D eigenvalue weighted by molar-refractivity contribution is -0.141. The first-order chi connectivity index (χ1) is 7.54. The van der Waals surface area contributed by atoms with E-state index in [0.717, 1.165) is 12.3 Å². The Morgan fingerprint density at radius 3 is 2.81 bits per heavy atom. The molecule has 16 heavy (non-hydrogen) atoms. The van der Waals surface area contributed by atoms with Gasteiger partial charge in [-0.15, -0.1) is 0 Å². The second-order valence-electron chi connectivity index (χ2n) is 2.90. The average Bonchev–Trinajstić information content (AvgIpc) is 2.22. The van der Waals surface area contributed by atoms with Crippen molar-refractivity contribution >= 4 is 23.4 Å². The van der Waals surface area contributed by atoms with Crippen LogP contribution < -0.4 is 0 Å². The van der Waals surface area contributed by atoms with Crippen molar-refractivity contribution in [3.63, 3.8) is 0 Å². The minimum Gasteiger partial charge on any atom is -0.466 e. The zero-order chi connectivity index (χ0) is 12.1. The van der Waals surface area contributed by atoms with Gasteiger partial charge in [0.05, 0.1) is 6.61 Å². The summed E-state index contributed by atoms with van der Waals surface area (Å²) in [5.74, 6) is -2.00. The molecule has 6 heteroatoms. The molecular weight excluding hydrogens is 237 g/mol. The van der Waals surface area contributed by atoms with Crippen molar-refractivity contribution in [1.82, 2.24) is 4.98 Å². The topological polar surface area (TPSA) is 56.3 Å². The molecule has 4 nitrogen and oxygen atoms in total. The van der Waals surface area contributed by atoms with Crippen molar-refractivity contribution in [2.24, 2.45) is 0 Å². The van der Waals surface area contributed by atoms with Crippen LogP contribution in [0.15, 0.2) is 12.3 Å². The summed E-state index contributed by atoms with van der Waals surface area (Å²) in [6, 6.07) is 0.941. The van der Waals surface area contributed by atoms with Crippen LogP contribution in [-0.2, 0) is 9.53 Å². The van der Waals surface area contributed by atoms with Gasteiger partial charge in [0.25, 0.3) is 0 Å². The zero-order valence-electron chi connectivity index (χ0n) is 8.50. The van der Waals surface area contributed by atoms with E-state index in [4.69, 9.17) is 11.6 Å². The molecule has 0 radical (unpaired) electrons. The Labute approximate surface area is 96.4 Å². The minimum absolute atomic E-state index is 0.00467. The number of esters is 1. The van der Waals surface area contributed by atoms with Gasteiger partial charge in [0.15, 0.2) is 16.8 Å². The molecule has 0 atom stereocenters. The maximum atomic E-state index is 13.0. The summed E-state index contributed by atoms with van der Waals surface area (Å²) >= 11 is 5.35. The SMILES string of the molecule is CCOC(=O)CC(=O)c1cnc(Cl)c(F)c1. The number of hydrogen-bond acceptors (Lipinski definition) is 4. The fourth-order valence-corrected chi connectivity index (χ4v) is 1.12. The summed E-state index contributed by atoms with van der Waals surface area (Å²) < 4.78 is 17.6. The molecule has 0 aliphatic rings. The van der Waals surface area contributed by atoms with Gasteiger partial charge in [0.2, 0.25) is 0 Å². The van der Waals surface area contributed by atoms with Crippen LogP contribution in [0.2, 0.25) is 5.15 Å². The molecule has 1 heterocycles. The van der Waals surface area contributed by atoms with Crippen LogP contribution in [0.3, 0.4) is 0 Å². The first kappa shape index (κ1) is 12.6. The fourth-order valence-electron chi connectivity index (χ4n) is 1.02. The Morgan fingerprint density at radius 1 is 1.56 bits per heavy atom. The Morgan fingerprint density at radius 2 is 2.25 bits per heavy atom. The van der Waals surface area contributed by atoms with Gasteiger partial charge in [-0.05, 0) is 13.0 Å². The molecule has 0 bridgehead atoms. The number of hydrogen-bond donors (Lipinski definition) is 0. The van der Waals surface area contributed by atoms with Crippen LogP contribution in [0.1, 0.15) is 23.7 Å². The quantitative estimate of drug-likeness (QED) is 0.352. The van der Waals surface area contributed by atoms with Crippen LogP contribution >= 0.6 is 11.6 Å². The summed E-state index contributed by atoms with van der Waals surface area (Å²) in [4.78, 5) is 25.9. The number of pyridine rings is 1. The van der Waals surface area contributed by atoms with Crippen molar-refractivity contribution in [1.29, 1.82) is 0 Å². The van der Waals surface area contributed by atoms with Gasteiger partial charge in [-0.3, -0.25) is 9.59 Å². The van der Waals surface area contributed by atoms with E-state index in [1.165, 1.54) is 0 Å². The first-order valence-corrected chi connectivity index (χ1v) is 4.92. The summed E-state index contributed by atoms with van der Waals surface area (Å²) in [5, 5.41) is -0.312. The van der Waals surface area contributed by atoms with Crippen molar-refractivity contribution in [3.05, 3.63) is 28.8 Å². The van der Waals surface area contributed by atoms with E-state index in [-0.39, 0.29) is 17.3 Å². The summed E-state index contributed by atoms with van der Waals surface area (Å²) in [6.45, 7) is 1.82. The van der Waals surface area contributed by atoms with Crippen molar-refractivity contribution in [2.45, 2.75) is 13.3 Å². The molecule has 0 saturated heterocycles. The minimum atomic E-state index is -0.795. The molecule has 0 unspecified atom stereocenters. The number of nitrogens with zero attached hydrogens (tertiary/aromatic N) is 1. The first-order valence-electron chi connectivity index (χ1n) is 4.54. The molecule has 0 N–H and O–H groups in total. The van der Waals surface area contributed by atoms with E-state index in [9.17, 15) is 14.0 Å². The molecule has 0 amide bonds. The van der Waals surface area contributed by atoms with Gasteiger partial charge in [-0.2, -0.15) is 0 Å². The second kappa shape index (κ2) is 5.55. The van der Waals surface area contributed by atoms with Crippen LogP contribution in [0.5, 0.6) is 0 Å². The number of carbonyl (C=O) groups excluding carboxylic acids is 2. The van der Waals surface area contributed by atoms with E-state index in [1.807, 2.05) is 0 Å². The number of rotatable bonds is 4. The molecular formula is C10H9ClFNO3. The van der Waals surface area contributed by atoms with Crippen LogP contribution in [-0.4, -0.2) is 23.3 Å². The third kappa shape index (κ3) is 3.27. The average molecular weight is 246 g/mol. The normalized spacial score (nSPS) is 9.94. The highest BCUT2D eigenvalue weighted by molar-refractivity contribution is 6.29. The molecule has 0 fully saturated rings. The number of Topliss-reactive ketones (excluding diaryl/α,β-unsaturated/α-hetero) is 1. The molecule has 0 spiro atoms. The summed E-state index contributed by atoms with van der Waals surface area (Å²) in [7, 11) is 0. The van der Waals surface area contributed by atoms with Gasteiger partial charge < -0.3 is 4.74 Å². The lowest BCUT2D eigenvalue weighted by Crippen LogP contribution is -2.11. The number of carbonyl (C=O) groups is 2. The maximum absolute atomic E-state index is 13.0. The summed E-state index contributed by atoms with van der Waals surface area (Å²) in [5.41, 5.74) is -0.00467. The Bertz CT molecular complexity index is 423. The van der Waals surface area contributed by atoms with E-state index < -0.39 is 24.0 Å². The van der Waals surface area contributed by atoms with Gasteiger partial charge in [0, 0.05) is 11.8 Å². The zero-order valence-corrected chi connectivity index (χ0v) is 9.25. The number of aromatic nitrogens is 1. The molecule has 0 aliphatic carbocycles. The highest BCUT2D eigenvalue weighted by Gasteiger charge is 2.14. The third-order valence-electron chi connectivity index (χ3n) is 1.73. The van der Waals surface area contributed by atoms with Gasteiger partial charge in [-0.1, -0.05) is 11.6 Å². The highest BCUT2D eigenvalue weighted by atomic mass is 35.5. The van der Waals surface area contributed by atoms with Crippen LogP contribution in [0.25, 0.3) is 0 Å². The molecule has 0 aliphatic heterocycles. The van der Waals surface area contributed by atoms with Gasteiger partial charge in [-0.25, -0.2) is 9.37 Å². The Hall–Kier alpha value is -1.49. The molecule has 0 saturated carbocycles. The Balaban J connectivity index is 2.73. The van der Waals surface area contributed by atoms with Crippen molar-refractivity contribution < 1.29 is 18.7 Å². The maximum Gasteiger partial charge on any atom is 0.313 e. The smallest absolute Gasteiger partial charge is 0.313 e. The molecule has 1 aromatic heterocycles. The van der Waals surface area contributed by atoms with E-state index in [2.05, 4.69) is 9.72 Å². The number of ketones is 1. The number of ether oxygens (including phenoxy) is 1. The van der Waals surface area contributed by atoms with E-state index in [0.29, 0.717) is 0 Å². The number of halogens is 2. The largest absolute Gasteiger partial charge is 0.466 e. The summed E-state index contributed by atoms with van der Waals surface area (Å²) in [6.07, 6.45) is 0.684. The van der Waals surface area contributed by atoms with E-state index in [1.54, 1.807) is 6.92 Å². The van der Waals surface area contributed by atoms with E-state index >= 15 is 0 Å². The Kier molecular flexibility index (Phi) is 4.37. The lowest BCUT2D eigenvalue weighted by atomic mass is 10.1. The van der Waals surface area contributed by atoms with Crippen molar-refractivity contribution in [3.8, 4) is 0 Å². The van der Waals surface area contributed by atoms with Gasteiger partial charge >= 0.3 is 5.97 Å². The monoisotopic (exact) mass is 245 g/mol. The van der Waals surface area contributed by atoms with Crippen LogP contribution in [0, 0.1) is 5.82 Å². The molecule has 1 rings (SSSR count). The molecule has 86 valence electrons. The lowest BCUT2D eigenvalue weighted by Gasteiger charge is -2.01.